The van der Waals surface area contributed by atoms with Crippen LogP contribution in [0, 0.1) is 0 Å². The van der Waals surface area contributed by atoms with E-state index in [1.54, 1.807) is 12.1 Å². The number of nitrogens with one attached hydrogen (secondary N) is 1. The van der Waals surface area contributed by atoms with E-state index in [-0.39, 0.29) is 24.9 Å². The Morgan fingerprint density at radius 1 is 1.16 bits per heavy atom. The van der Waals surface area contributed by atoms with Crippen LogP contribution in [0.15, 0.2) is 53.5 Å². The number of nitrogens with two attached hydrogens (primary N) is 1. The summed E-state index contributed by atoms with van der Waals surface area (Å²) in [4.78, 5) is 4.06. The van der Waals surface area contributed by atoms with E-state index in [1.807, 2.05) is 12.1 Å². The summed E-state index contributed by atoms with van der Waals surface area (Å²) in [6, 6.07) is 11.9. The fraction of sp³-hybridized carbons (Fsp3) is 0.235. The highest BCUT2D eigenvalue weighted by molar-refractivity contribution is 5.93. The van der Waals surface area contributed by atoms with Crippen molar-refractivity contribution in [2.75, 3.05) is 25.6 Å². The predicted molar refractivity (Wildman–Crippen MR) is 90.0 cm³/mol. The first kappa shape index (κ1) is 18.4. The van der Waals surface area contributed by atoms with E-state index in [1.165, 1.54) is 19.2 Å². The number of methoxy groups -OCH3 is 1. The van der Waals surface area contributed by atoms with E-state index >= 15 is 0 Å². The van der Waals surface area contributed by atoms with E-state index in [0.717, 1.165) is 12.1 Å². The van der Waals surface area contributed by atoms with Crippen LogP contribution in [0.3, 0.4) is 0 Å². The molecule has 134 valence electrons. The molecule has 0 amide bonds. The summed E-state index contributed by atoms with van der Waals surface area (Å²) in [5, 5.41) is 2.89. The van der Waals surface area contributed by atoms with Gasteiger partial charge in [0.05, 0.1) is 24.9 Å². The van der Waals surface area contributed by atoms with Crippen LogP contribution < -0.4 is 20.5 Å². The molecule has 0 aliphatic rings. The lowest BCUT2D eigenvalue weighted by Gasteiger charge is -2.11. The lowest BCUT2D eigenvalue weighted by atomic mass is 10.2. The van der Waals surface area contributed by atoms with Gasteiger partial charge in [0.1, 0.15) is 18.1 Å². The molecule has 2 aromatic rings. The van der Waals surface area contributed by atoms with Gasteiger partial charge in [0, 0.05) is 0 Å². The highest BCUT2D eigenvalue weighted by atomic mass is 19.4. The number of rotatable bonds is 6. The number of guanidine groups is 1. The van der Waals surface area contributed by atoms with Crippen molar-refractivity contribution < 1.29 is 22.6 Å². The van der Waals surface area contributed by atoms with Crippen LogP contribution in [0.5, 0.6) is 11.5 Å². The highest BCUT2D eigenvalue weighted by Gasteiger charge is 2.30. The zero-order valence-electron chi connectivity index (χ0n) is 13.5. The van der Waals surface area contributed by atoms with Crippen molar-refractivity contribution >= 4 is 11.6 Å². The quantitative estimate of drug-likeness (QED) is 0.474. The molecule has 5 nitrogen and oxygen atoms in total. The molecule has 3 N–H and O–H groups in total. The molecule has 0 heterocycles. The Labute approximate surface area is 143 Å². The van der Waals surface area contributed by atoms with E-state index < -0.39 is 11.7 Å². The van der Waals surface area contributed by atoms with Crippen LogP contribution in [0.2, 0.25) is 0 Å². The number of benzene rings is 2. The molecule has 2 aromatic carbocycles. The van der Waals surface area contributed by atoms with Crippen molar-refractivity contribution in [1.82, 2.24) is 0 Å². The number of hydrogen-bond acceptors (Lipinski definition) is 3. The minimum atomic E-state index is -4.40. The van der Waals surface area contributed by atoms with Crippen molar-refractivity contribution in [2.24, 2.45) is 10.7 Å². The number of para-hydroxylation sites is 2. The first-order valence-corrected chi connectivity index (χ1v) is 7.40. The Morgan fingerprint density at radius 2 is 1.92 bits per heavy atom. The van der Waals surface area contributed by atoms with Gasteiger partial charge in [0.25, 0.3) is 0 Å². The van der Waals surface area contributed by atoms with Gasteiger partial charge in [-0.15, -0.1) is 0 Å². The summed E-state index contributed by atoms with van der Waals surface area (Å²) in [7, 11) is 1.54. The number of alkyl halides is 3. The maximum absolute atomic E-state index is 12.6. The molecule has 0 saturated carbocycles. The zero-order valence-corrected chi connectivity index (χ0v) is 13.5. The molecule has 0 fully saturated rings. The van der Waals surface area contributed by atoms with Crippen molar-refractivity contribution in [3.63, 3.8) is 0 Å². The first-order chi connectivity index (χ1) is 11.9. The third-order valence-corrected chi connectivity index (χ3v) is 3.17. The van der Waals surface area contributed by atoms with Crippen LogP contribution in [-0.4, -0.2) is 26.2 Å². The molecule has 0 unspecified atom stereocenters. The van der Waals surface area contributed by atoms with Gasteiger partial charge < -0.3 is 20.5 Å². The molecule has 8 heteroatoms. The second-order valence-electron chi connectivity index (χ2n) is 4.97. The molecule has 0 bridgehead atoms. The van der Waals surface area contributed by atoms with Crippen LogP contribution in [0.25, 0.3) is 0 Å². The van der Waals surface area contributed by atoms with Crippen LogP contribution in [0.4, 0.5) is 18.9 Å². The van der Waals surface area contributed by atoms with Gasteiger partial charge >= 0.3 is 6.18 Å². The third-order valence-electron chi connectivity index (χ3n) is 3.17. The maximum atomic E-state index is 12.6. The number of nitrogens with zero attached hydrogens (tertiary/aromatic N) is 1. The van der Waals surface area contributed by atoms with Gasteiger partial charge in [-0.1, -0.05) is 18.2 Å². The molecule has 0 radical (unpaired) electrons. The fourth-order valence-corrected chi connectivity index (χ4v) is 2.02. The monoisotopic (exact) mass is 353 g/mol. The zero-order chi connectivity index (χ0) is 18.3. The average molecular weight is 353 g/mol. The number of ether oxygens (including phenoxy) is 2. The van der Waals surface area contributed by atoms with E-state index in [0.29, 0.717) is 11.4 Å². The number of halogens is 3. The fourth-order valence-electron chi connectivity index (χ4n) is 2.02. The van der Waals surface area contributed by atoms with Crippen molar-refractivity contribution in [2.45, 2.75) is 6.18 Å². The summed E-state index contributed by atoms with van der Waals surface area (Å²) < 4.78 is 48.3. The molecule has 0 atom stereocenters. The summed E-state index contributed by atoms with van der Waals surface area (Å²) >= 11 is 0. The van der Waals surface area contributed by atoms with Gasteiger partial charge in [0.2, 0.25) is 0 Å². The third kappa shape index (κ3) is 5.59. The summed E-state index contributed by atoms with van der Waals surface area (Å²) in [6.45, 7) is 0.278. The second kappa shape index (κ2) is 8.27. The molecule has 2 rings (SSSR count). The average Bonchev–Trinajstić information content (AvgIpc) is 2.59. The van der Waals surface area contributed by atoms with E-state index in [9.17, 15) is 13.2 Å². The smallest absolute Gasteiger partial charge is 0.416 e. The van der Waals surface area contributed by atoms with Gasteiger partial charge in [0.15, 0.2) is 5.96 Å². The Hall–Kier alpha value is -2.90. The Morgan fingerprint density at radius 3 is 2.64 bits per heavy atom. The maximum Gasteiger partial charge on any atom is 0.416 e. The van der Waals surface area contributed by atoms with E-state index in [4.69, 9.17) is 15.2 Å². The summed E-state index contributed by atoms with van der Waals surface area (Å²) in [5.41, 5.74) is 5.67. The topological polar surface area (TPSA) is 68.9 Å². The van der Waals surface area contributed by atoms with Crippen LogP contribution in [0.1, 0.15) is 5.56 Å². The number of hydrogen-bond donors (Lipinski definition) is 2. The molecular weight excluding hydrogens is 335 g/mol. The second-order valence-corrected chi connectivity index (χ2v) is 4.97. The Kier molecular flexibility index (Phi) is 6.10. The molecule has 0 spiro atoms. The van der Waals surface area contributed by atoms with Gasteiger partial charge in [-0.25, -0.2) is 4.99 Å². The summed E-state index contributed by atoms with van der Waals surface area (Å²) in [5.74, 6) is 0.888. The normalized spacial score (nSPS) is 11.9. The van der Waals surface area contributed by atoms with E-state index in [2.05, 4.69) is 10.3 Å². The predicted octanol–water partition coefficient (Wildman–Crippen LogP) is 3.52. The minimum absolute atomic E-state index is 0.0929. The standard InChI is InChI=1S/C17H18F3N3O2/c1-24-15-8-3-2-7-14(15)23-16(21)22-9-10-25-13-6-4-5-12(11-13)17(18,19)20/h2-8,11H,9-10H2,1H3,(H3,21,22,23). The molecule has 0 aliphatic heterocycles. The Bertz CT molecular complexity index is 733. The molecular formula is C17H18F3N3O2. The van der Waals surface area contributed by atoms with Gasteiger partial charge in [-0.3, -0.25) is 0 Å². The van der Waals surface area contributed by atoms with Crippen LogP contribution >= 0.6 is 0 Å². The first-order valence-electron chi connectivity index (χ1n) is 7.40. The van der Waals surface area contributed by atoms with Gasteiger partial charge in [-0.05, 0) is 30.3 Å². The minimum Gasteiger partial charge on any atom is -0.495 e. The SMILES string of the molecule is COc1ccccc1NC(N)=NCCOc1cccc(C(F)(F)F)c1. The molecule has 0 saturated heterocycles. The Balaban J connectivity index is 1.87. The molecule has 25 heavy (non-hydrogen) atoms. The summed E-state index contributed by atoms with van der Waals surface area (Å²) in [6.07, 6.45) is -4.40. The lowest BCUT2D eigenvalue weighted by molar-refractivity contribution is -0.137. The number of aliphatic imine (C=N–C) groups is 1. The molecule has 0 aliphatic carbocycles. The molecule has 0 aromatic heterocycles. The largest absolute Gasteiger partial charge is 0.495 e. The lowest BCUT2D eigenvalue weighted by Crippen LogP contribution is -2.23. The van der Waals surface area contributed by atoms with Crippen molar-refractivity contribution in [3.8, 4) is 11.5 Å². The van der Waals surface area contributed by atoms with Crippen molar-refractivity contribution in [3.05, 3.63) is 54.1 Å². The van der Waals surface area contributed by atoms with Crippen molar-refractivity contribution in [1.29, 1.82) is 0 Å². The van der Waals surface area contributed by atoms with Crippen LogP contribution in [-0.2, 0) is 6.18 Å². The highest BCUT2D eigenvalue weighted by Crippen LogP contribution is 2.31. The van der Waals surface area contributed by atoms with Gasteiger partial charge in [-0.2, -0.15) is 13.2 Å². The number of anilines is 1.